The molecule has 3 nitrogen and oxygen atoms in total. The van der Waals surface area contributed by atoms with E-state index < -0.39 is 0 Å². The second kappa shape index (κ2) is 5.30. The Kier molecular flexibility index (Phi) is 3.78. The second-order valence-electron chi connectivity index (χ2n) is 4.72. The third-order valence-corrected chi connectivity index (χ3v) is 3.21. The van der Waals surface area contributed by atoms with Crippen molar-refractivity contribution in [2.24, 2.45) is 11.7 Å². The minimum absolute atomic E-state index is 0.337. The zero-order chi connectivity index (χ0) is 11.4. The van der Waals surface area contributed by atoms with Crippen LogP contribution in [0.5, 0.6) is 5.88 Å². The molecule has 2 rings (SSSR count). The van der Waals surface area contributed by atoms with E-state index in [9.17, 15) is 0 Å². The third-order valence-electron chi connectivity index (χ3n) is 3.21. The first-order valence-electron chi connectivity index (χ1n) is 6.09. The Bertz CT molecular complexity index is 340. The van der Waals surface area contributed by atoms with Gasteiger partial charge in [0.1, 0.15) is 6.10 Å². The average molecular weight is 220 g/mol. The van der Waals surface area contributed by atoms with Crippen LogP contribution in [0.4, 0.5) is 0 Å². The number of hydrogen-bond donors (Lipinski definition) is 1. The van der Waals surface area contributed by atoms with E-state index >= 15 is 0 Å². The smallest absolute Gasteiger partial charge is 0.213 e. The summed E-state index contributed by atoms with van der Waals surface area (Å²) in [6.45, 7) is 2.83. The summed E-state index contributed by atoms with van der Waals surface area (Å²) < 4.78 is 5.90. The number of hydrogen-bond acceptors (Lipinski definition) is 3. The van der Waals surface area contributed by atoms with Gasteiger partial charge in [0.2, 0.25) is 5.88 Å². The summed E-state index contributed by atoms with van der Waals surface area (Å²) >= 11 is 0. The first kappa shape index (κ1) is 11.4. The van der Waals surface area contributed by atoms with Crippen molar-refractivity contribution in [3.05, 3.63) is 23.9 Å². The van der Waals surface area contributed by atoms with Gasteiger partial charge in [0.15, 0.2) is 0 Å². The van der Waals surface area contributed by atoms with Gasteiger partial charge in [-0.15, -0.1) is 0 Å². The Labute approximate surface area is 97.0 Å². The van der Waals surface area contributed by atoms with E-state index in [0.29, 0.717) is 12.6 Å². The first-order chi connectivity index (χ1) is 7.78. The second-order valence-corrected chi connectivity index (χ2v) is 4.72. The maximum absolute atomic E-state index is 5.90. The summed E-state index contributed by atoms with van der Waals surface area (Å²) in [6, 6.07) is 3.87. The largest absolute Gasteiger partial charge is 0.474 e. The predicted molar refractivity (Wildman–Crippen MR) is 64.2 cm³/mol. The Morgan fingerprint density at radius 3 is 3.12 bits per heavy atom. The van der Waals surface area contributed by atoms with Gasteiger partial charge in [-0.25, -0.2) is 4.98 Å². The quantitative estimate of drug-likeness (QED) is 0.851. The molecule has 2 unspecified atom stereocenters. The molecule has 0 bridgehead atoms. The van der Waals surface area contributed by atoms with E-state index in [1.807, 2.05) is 12.1 Å². The van der Waals surface area contributed by atoms with E-state index in [0.717, 1.165) is 30.2 Å². The van der Waals surface area contributed by atoms with E-state index in [1.54, 1.807) is 6.20 Å². The van der Waals surface area contributed by atoms with Crippen molar-refractivity contribution in [2.45, 2.75) is 45.3 Å². The Hall–Kier alpha value is -1.09. The highest BCUT2D eigenvalue weighted by molar-refractivity contribution is 5.20. The molecular formula is C13H20N2O. The van der Waals surface area contributed by atoms with Gasteiger partial charge in [-0.2, -0.15) is 0 Å². The summed E-state index contributed by atoms with van der Waals surface area (Å²) in [5, 5.41) is 0. The number of nitrogens with zero attached hydrogens (tertiary/aromatic N) is 1. The topological polar surface area (TPSA) is 48.1 Å². The minimum atomic E-state index is 0.337. The van der Waals surface area contributed by atoms with E-state index in [1.165, 1.54) is 12.8 Å². The van der Waals surface area contributed by atoms with Crippen LogP contribution in [0.15, 0.2) is 18.3 Å². The standard InChI is InChI=1S/C13H20N2O/c1-10-3-2-4-12(7-10)16-13-8-11(9-14)5-6-15-13/h5-6,8,10,12H,2-4,7,9,14H2,1H3. The molecule has 1 fully saturated rings. The Morgan fingerprint density at radius 1 is 1.50 bits per heavy atom. The highest BCUT2D eigenvalue weighted by atomic mass is 16.5. The number of pyridine rings is 1. The molecule has 1 aromatic heterocycles. The summed E-state index contributed by atoms with van der Waals surface area (Å²) in [7, 11) is 0. The predicted octanol–water partition coefficient (Wildman–Crippen LogP) is 2.50. The van der Waals surface area contributed by atoms with Crippen LogP contribution in [0.3, 0.4) is 0 Å². The molecule has 2 N–H and O–H groups in total. The van der Waals surface area contributed by atoms with Crippen LogP contribution in [0, 0.1) is 5.92 Å². The van der Waals surface area contributed by atoms with Gasteiger partial charge in [0, 0.05) is 18.8 Å². The van der Waals surface area contributed by atoms with Crippen molar-refractivity contribution in [3.63, 3.8) is 0 Å². The van der Waals surface area contributed by atoms with Crippen LogP contribution in [0.25, 0.3) is 0 Å². The number of nitrogens with two attached hydrogens (primary N) is 1. The molecule has 1 aliphatic carbocycles. The lowest BCUT2D eigenvalue weighted by Gasteiger charge is -2.26. The molecular weight excluding hydrogens is 200 g/mol. The molecule has 0 radical (unpaired) electrons. The monoisotopic (exact) mass is 220 g/mol. The highest BCUT2D eigenvalue weighted by Gasteiger charge is 2.20. The lowest BCUT2D eigenvalue weighted by molar-refractivity contribution is 0.124. The Balaban J connectivity index is 1.97. The van der Waals surface area contributed by atoms with Gasteiger partial charge in [0.05, 0.1) is 0 Å². The molecule has 2 atom stereocenters. The average Bonchev–Trinajstić information content (AvgIpc) is 2.29. The normalized spacial score (nSPS) is 25.4. The zero-order valence-corrected chi connectivity index (χ0v) is 9.86. The fraction of sp³-hybridized carbons (Fsp3) is 0.615. The molecule has 1 heterocycles. The van der Waals surface area contributed by atoms with Crippen LogP contribution in [-0.4, -0.2) is 11.1 Å². The minimum Gasteiger partial charge on any atom is -0.474 e. The van der Waals surface area contributed by atoms with Crippen LogP contribution in [0.2, 0.25) is 0 Å². The van der Waals surface area contributed by atoms with Gasteiger partial charge >= 0.3 is 0 Å². The van der Waals surface area contributed by atoms with Crippen LogP contribution in [0.1, 0.15) is 38.2 Å². The molecule has 1 saturated carbocycles. The molecule has 0 aliphatic heterocycles. The fourth-order valence-corrected chi connectivity index (χ4v) is 2.30. The van der Waals surface area contributed by atoms with E-state index in [4.69, 9.17) is 10.5 Å². The number of ether oxygens (including phenoxy) is 1. The third kappa shape index (κ3) is 2.95. The molecule has 3 heteroatoms. The lowest BCUT2D eigenvalue weighted by atomic mass is 9.89. The van der Waals surface area contributed by atoms with Gasteiger partial charge in [0.25, 0.3) is 0 Å². The van der Waals surface area contributed by atoms with Crippen LogP contribution in [-0.2, 0) is 6.54 Å². The first-order valence-corrected chi connectivity index (χ1v) is 6.09. The summed E-state index contributed by atoms with van der Waals surface area (Å²) in [6.07, 6.45) is 7.00. The van der Waals surface area contributed by atoms with Gasteiger partial charge < -0.3 is 10.5 Å². The molecule has 1 aromatic rings. The zero-order valence-electron chi connectivity index (χ0n) is 9.86. The molecule has 1 aliphatic rings. The summed E-state index contributed by atoms with van der Waals surface area (Å²) in [4.78, 5) is 4.23. The van der Waals surface area contributed by atoms with Gasteiger partial charge in [-0.1, -0.05) is 13.3 Å². The van der Waals surface area contributed by atoms with Gasteiger partial charge in [-0.05, 0) is 36.8 Å². The van der Waals surface area contributed by atoms with Crippen molar-refractivity contribution in [3.8, 4) is 5.88 Å². The molecule has 16 heavy (non-hydrogen) atoms. The van der Waals surface area contributed by atoms with Crippen molar-refractivity contribution in [1.82, 2.24) is 4.98 Å². The molecule has 88 valence electrons. The summed E-state index contributed by atoms with van der Waals surface area (Å²) in [5.74, 6) is 1.50. The van der Waals surface area contributed by atoms with Crippen molar-refractivity contribution >= 4 is 0 Å². The lowest BCUT2D eigenvalue weighted by Crippen LogP contribution is -2.24. The van der Waals surface area contributed by atoms with E-state index in [-0.39, 0.29) is 0 Å². The van der Waals surface area contributed by atoms with Crippen LogP contribution >= 0.6 is 0 Å². The van der Waals surface area contributed by atoms with Crippen molar-refractivity contribution < 1.29 is 4.74 Å². The maximum Gasteiger partial charge on any atom is 0.213 e. The highest BCUT2D eigenvalue weighted by Crippen LogP contribution is 2.26. The van der Waals surface area contributed by atoms with Crippen LogP contribution < -0.4 is 10.5 Å². The molecule has 0 amide bonds. The van der Waals surface area contributed by atoms with Gasteiger partial charge in [-0.3, -0.25) is 0 Å². The Morgan fingerprint density at radius 2 is 2.38 bits per heavy atom. The molecule has 0 spiro atoms. The number of rotatable bonds is 3. The van der Waals surface area contributed by atoms with Crippen molar-refractivity contribution in [1.29, 1.82) is 0 Å². The fourth-order valence-electron chi connectivity index (χ4n) is 2.30. The van der Waals surface area contributed by atoms with Crippen molar-refractivity contribution in [2.75, 3.05) is 0 Å². The number of aromatic nitrogens is 1. The maximum atomic E-state index is 5.90. The van der Waals surface area contributed by atoms with E-state index in [2.05, 4.69) is 11.9 Å². The SMILES string of the molecule is CC1CCCC(Oc2cc(CN)ccn2)C1. The summed E-state index contributed by atoms with van der Waals surface area (Å²) in [5.41, 5.74) is 6.67. The molecule has 0 aromatic carbocycles. The molecule has 0 saturated heterocycles.